The molecule has 0 amide bonds. The van der Waals surface area contributed by atoms with Crippen LogP contribution in [0.25, 0.3) is 0 Å². The molecule has 2 aromatic rings. The van der Waals surface area contributed by atoms with Gasteiger partial charge in [-0.05, 0) is 30.5 Å². The highest BCUT2D eigenvalue weighted by atomic mass is 16.1. The molecule has 0 radical (unpaired) electrons. The predicted molar refractivity (Wildman–Crippen MR) is 73.2 cm³/mol. The molecule has 0 saturated heterocycles. The molecular weight excluding hydrogens is 238 g/mol. The van der Waals surface area contributed by atoms with E-state index in [1.807, 2.05) is 18.2 Å². The highest BCUT2D eigenvalue weighted by Gasteiger charge is 2.21. The summed E-state index contributed by atoms with van der Waals surface area (Å²) in [5.41, 5.74) is 3.20. The minimum absolute atomic E-state index is 0.118. The normalized spacial score (nSPS) is 14.1. The van der Waals surface area contributed by atoms with Gasteiger partial charge in [0.05, 0.1) is 0 Å². The number of carbonyl (C=O) groups excluding carboxylic acids is 1. The van der Waals surface area contributed by atoms with Gasteiger partial charge in [-0.15, -0.1) is 0 Å². The largest absolute Gasteiger partial charge is 0.336 e. The number of nitrogens with zero attached hydrogens (tertiary/aromatic N) is 3. The van der Waals surface area contributed by atoms with Gasteiger partial charge < -0.3 is 4.90 Å². The minimum atomic E-state index is 0.118. The lowest BCUT2D eigenvalue weighted by molar-refractivity contribution is 0.101. The molecule has 4 nitrogen and oxygen atoms in total. The molecule has 0 saturated carbocycles. The third-order valence-electron chi connectivity index (χ3n) is 3.49. The summed E-state index contributed by atoms with van der Waals surface area (Å²) in [6, 6.07) is 7.77. The van der Waals surface area contributed by atoms with Crippen molar-refractivity contribution in [2.75, 3.05) is 11.4 Å². The van der Waals surface area contributed by atoms with Crippen LogP contribution < -0.4 is 4.90 Å². The summed E-state index contributed by atoms with van der Waals surface area (Å²) in [5, 5.41) is 0. The summed E-state index contributed by atoms with van der Waals surface area (Å²) < 4.78 is 0. The zero-order valence-corrected chi connectivity index (χ0v) is 10.8. The van der Waals surface area contributed by atoms with Crippen LogP contribution in [-0.2, 0) is 13.0 Å². The van der Waals surface area contributed by atoms with Crippen LogP contribution in [0.15, 0.2) is 36.7 Å². The molecule has 0 N–H and O–H groups in total. The first kappa shape index (κ1) is 11.8. The van der Waals surface area contributed by atoms with Gasteiger partial charge in [0.25, 0.3) is 0 Å². The Balaban J connectivity index is 1.97. The molecule has 0 spiro atoms. The molecule has 0 bridgehead atoms. The van der Waals surface area contributed by atoms with Crippen LogP contribution >= 0.6 is 0 Å². The molecule has 0 atom stereocenters. The Hall–Kier alpha value is -2.23. The zero-order valence-electron chi connectivity index (χ0n) is 10.8. The third kappa shape index (κ3) is 2.21. The number of benzene rings is 1. The highest BCUT2D eigenvalue weighted by Crippen LogP contribution is 2.25. The summed E-state index contributed by atoms with van der Waals surface area (Å²) >= 11 is 0. The van der Waals surface area contributed by atoms with Crippen LogP contribution in [-0.4, -0.2) is 22.3 Å². The maximum Gasteiger partial charge on any atom is 0.225 e. The lowest BCUT2D eigenvalue weighted by Gasteiger charge is -2.29. The van der Waals surface area contributed by atoms with Gasteiger partial charge >= 0.3 is 0 Å². The summed E-state index contributed by atoms with van der Waals surface area (Å²) in [6.07, 6.45) is 4.41. The van der Waals surface area contributed by atoms with Crippen molar-refractivity contribution in [3.8, 4) is 0 Å². The Morgan fingerprint density at radius 2 is 2.00 bits per heavy atom. The molecule has 1 aromatic carbocycles. The summed E-state index contributed by atoms with van der Waals surface area (Å²) in [4.78, 5) is 22.4. The number of Topliss-reactive ketones (excluding diaryl/α,β-unsaturated/α-hetero) is 1. The van der Waals surface area contributed by atoms with E-state index in [0.717, 1.165) is 30.0 Å². The van der Waals surface area contributed by atoms with Gasteiger partial charge in [-0.3, -0.25) is 4.79 Å². The van der Waals surface area contributed by atoms with Gasteiger partial charge in [0.1, 0.15) is 0 Å². The molecule has 0 unspecified atom stereocenters. The van der Waals surface area contributed by atoms with Crippen molar-refractivity contribution in [3.05, 3.63) is 53.3 Å². The lowest BCUT2D eigenvalue weighted by atomic mass is 9.93. The first-order valence-electron chi connectivity index (χ1n) is 6.39. The molecule has 2 heterocycles. The topological polar surface area (TPSA) is 46.1 Å². The average Bonchev–Trinajstić information content (AvgIpc) is 2.47. The Labute approximate surface area is 112 Å². The van der Waals surface area contributed by atoms with E-state index in [0.29, 0.717) is 6.54 Å². The number of hydrogen-bond acceptors (Lipinski definition) is 4. The minimum Gasteiger partial charge on any atom is -0.336 e. The molecule has 1 aliphatic rings. The van der Waals surface area contributed by atoms with E-state index in [1.54, 1.807) is 19.3 Å². The number of anilines is 1. The van der Waals surface area contributed by atoms with E-state index in [1.165, 1.54) is 5.56 Å². The van der Waals surface area contributed by atoms with Gasteiger partial charge in [0.2, 0.25) is 5.95 Å². The van der Waals surface area contributed by atoms with Crippen LogP contribution in [0.3, 0.4) is 0 Å². The van der Waals surface area contributed by atoms with Crippen molar-refractivity contribution >= 4 is 11.7 Å². The zero-order chi connectivity index (χ0) is 13.2. The third-order valence-corrected chi connectivity index (χ3v) is 3.49. The maximum absolute atomic E-state index is 11.7. The first-order chi connectivity index (χ1) is 9.25. The molecule has 0 aliphatic carbocycles. The van der Waals surface area contributed by atoms with Gasteiger partial charge in [-0.1, -0.05) is 18.2 Å². The maximum atomic E-state index is 11.7. The predicted octanol–water partition coefficient (Wildman–Crippen LogP) is 2.24. The number of aromatic nitrogens is 2. The first-order valence-corrected chi connectivity index (χ1v) is 6.39. The molecule has 0 fully saturated rings. The molecular formula is C15H15N3O. The Morgan fingerprint density at radius 1 is 1.21 bits per heavy atom. The summed E-state index contributed by atoms with van der Waals surface area (Å²) in [6.45, 7) is 3.21. The van der Waals surface area contributed by atoms with E-state index >= 15 is 0 Å². The van der Waals surface area contributed by atoms with Crippen LogP contribution in [0.2, 0.25) is 0 Å². The average molecular weight is 253 g/mol. The van der Waals surface area contributed by atoms with Crippen LogP contribution in [0.4, 0.5) is 5.95 Å². The fourth-order valence-corrected chi connectivity index (χ4v) is 2.54. The molecule has 1 aliphatic heterocycles. The van der Waals surface area contributed by atoms with Gasteiger partial charge in [0.15, 0.2) is 5.78 Å². The van der Waals surface area contributed by atoms with E-state index in [-0.39, 0.29) is 5.78 Å². The van der Waals surface area contributed by atoms with Crippen molar-refractivity contribution in [1.29, 1.82) is 0 Å². The fraction of sp³-hybridized carbons (Fsp3) is 0.267. The second-order valence-electron chi connectivity index (χ2n) is 4.72. The van der Waals surface area contributed by atoms with Gasteiger partial charge in [-0.25, -0.2) is 9.97 Å². The standard InChI is InChI=1S/C15H15N3O/c1-11(19)13-5-2-4-12-6-9-18(10-14(12)13)15-16-7-3-8-17-15/h2-5,7-8H,6,9-10H2,1H3. The monoisotopic (exact) mass is 253 g/mol. The second-order valence-corrected chi connectivity index (χ2v) is 4.72. The molecule has 1 aromatic heterocycles. The van der Waals surface area contributed by atoms with Gasteiger partial charge in [-0.2, -0.15) is 0 Å². The number of carbonyl (C=O) groups is 1. The van der Waals surface area contributed by atoms with Crippen LogP contribution in [0.1, 0.15) is 28.4 Å². The van der Waals surface area contributed by atoms with E-state index in [9.17, 15) is 4.79 Å². The second kappa shape index (κ2) is 4.80. The number of hydrogen-bond donors (Lipinski definition) is 0. The molecule has 4 heteroatoms. The van der Waals surface area contributed by atoms with Crippen LogP contribution in [0, 0.1) is 0 Å². The smallest absolute Gasteiger partial charge is 0.225 e. The SMILES string of the molecule is CC(=O)c1cccc2c1CN(c1ncccn1)CC2. The molecule has 96 valence electrons. The number of fused-ring (bicyclic) bond motifs is 1. The Kier molecular flexibility index (Phi) is 2.99. The lowest BCUT2D eigenvalue weighted by Crippen LogP contribution is -2.32. The highest BCUT2D eigenvalue weighted by molar-refractivity contribution is 5.96. The van der Waals surface area contributed by atoms with Crippen molar-refractivity contribution in [3.63, 3.8) is 0 Å². The van der Waals surface area contributed by atoms with Crippen molar-refractivity contribution in [2.45, 2.75) is 19.9 Å². The van der Waals surface area contributed by atoms with Crippen molar-refractivity contribution < 1.29 is 4.79 Å². The van der Waals surface area contributed by atoms with Gasteiger partial charge in [0, 0.05) is 31.0 Å². The number of rotatable bonds is 2. The quantitative estimate of drug-likeness (QED) is 0.770. The van der Waals surface area contributed by atoms with Crippen molar-refractivity contribution in [2.24, 2.45) is 0 Å². The van der Waals surface area contributed by atoms with E-state index in [2.05, 4.69) is 20.9 Å². The molecule has 3 rings (SSSR count). The Morgan fingerprint density at radius 3 is 2.74 bits per heavy atom. The number of ketones is 1. The fourth-order valence-electron chi connectivity index (χ4n) is 2.54. The summed E-state index contributed by atoms with van der Waals surface area (Å²) in [5.74, 6) is 0.846. The van der Waals surface area contributed by atoms with E-state index < -0.39 is 0 Å². The summed E-state index contributed by atoms with van der Waals surface area (Å²) in [7, 11) is 0. The Bertz CT molecular complexity index is 610. The molecule has 19 heavy (non-hydrogen) atoms. The van der Waals surface area contributed by atoms with E-state index in [4.69, 9.17) is 0 Å². The van der Waals surface area contributed by atoms with Crippen molar-refractivity contribution in [1.82, 2.24) is 9.97 Å². The van der Waals surface area contributed by atoms with Crippen LogP contribution in [0.5, 0.6) is 0 Å².